The molecule has 5 heteroatoms. The number of ether oxygens (including phenoxy) is 1. The maximum Gasteiger partial charge on any atom is 0.325 e. The van der Waals surface area contributed by atoms with E-state index in [2.05, 4.69) is 5.32 Å². The summed E-state index contributed by atoms with van der Waals surface area (Å²) >= 11 is 0. The van der Waals surface area contributed by atoms with Crippen molar-refractivity contribution < 1.29 is 19.4 Å². The Morgan fingerprint density at radius 1 is 1.37 bits per heavy atom. The van der Waals surface area contributed by atoms with Gasteiger partial charge in [0.05, 0.1) is 6.61 Å². The van der Waals surface area contributed by atoms with Crippen LogP contribution in [0.25, 0.3) is 0 Å². The minimum atomic E-state index is -1.04. The summed E-state index contributed by atoms with van der Waals surface area (Å²) in [6.45, 7) is 3.91. The van der Waals surface area contributed by atoms with Crippen LogP contribution < -0.4 is 10.1 Å². The predicted octanol–water partition coefficient (Wildman–Crippen LogP) is 1.61. The normalized spacial score (nSPS) is 11.7. The molecule has 0 unspecified atom stereocenters. The molecule has 0 aliphatic heterocycles. The molecule has 1 atom stereocenters. The molecule has 0 saturated heterocycles. The third-order valence-electron chi connectivity index (χ3n) is 2.64. The van der Waals surface area contributed by atoms with Crippen molar-refractivity contribution in [3.63, 3.8) is 0 Å². The minimum Gasteiger partial charge on any atom is -0.494 e. The van der Waals surface area contributed by atoms with Crippen molar-refractivity contribution >= 4 is 11.9 Å². The number of carbonyl (C=O) groups excluding carboxylic acids is 1. The number of aryl methyl sites for hydroxylation is 1. The largest absolute Gasteiger partial charge is 0.494 e. The summed E-state index contributed by atoms with van der Waals surface area (Å²) < 4.78 is 5.46. The maximum absolute atomic E-state index is 11.6. The van der Waals surface area contributed by atoms with Crippen LogP contribution in [0.2, 0.25) is 0 Å². The fraction of sp³-hybridized carbons (Fsp3) is 0.429. The van der Waals surface area contributed by atoms with E-state index >= 15 is 0 Å². The Bertz CT molecular complexity index is 445. The van der Waals surface area contributed by atoms with E-state index in [4.69, 9.17) is 9.84 Å². The number of nitrogens with one attached hydrogen (secondary N) is 1. The Morgan fingerprint density at radius 2 is 2.05 bits per heavy atom. The molecule has 104 valence electrons. The zero-order valence-electron chi connectivity index (χ0n) is 11.2. The number of rotatable bonds is 7. The SMILES string of the molecule is CCOc1ccccc1CCC(=O)N[C@@H](C)C(=O)O. The van der Waals surface area contributed by atoms with Gasteiger partial charge >= 0.3 is 5.97 Å². The maximum atomic E-state index is 11.6. The fourth-order valence-electron chi connectivity index (χ4n) is 1.63. The van der Waals surface area contributed by atoms with Crippen molar-refractivity contribution in [3.8, 4) is 5.75 Å². The van der Waals surface area contributed by atoms with Crippen LogP contribution in [0.3, 0.4) is 0 Å². The van der Waals surface area contributed by atoms with Gasteiger partial charge in [0.1, 0.15) is 11.8 Å². The molecular formula is C14H19NO4. The quantitative estimate of drug-likeness (QED) is 0.785. The molecule has 0 aliphatic rings. The molecule has 1 amide bonds. The van der Waals surface area contributed by atoms with Gasteiger partial charge in [-0.2, -0.15) is 0 Å². The lowest BCUT2D eigenvalue weighted by Crippen LogP contribution is -2.38. The van der Waals surface area contributed by atoms with Crippen molar-refractivity contribution in [2.75, 3.05) is 6.61 Å². The highest BCUT2D eigenvalue weighted by Gasteiger charge is 2.14. The number of amides is 1. The van der Waals surface area contributed by atoms with Crippen molar-refractivity contribution in [1.82, 2.24) is 5.32 Å². The molecule has 0 saturated carbocycles. The Labute approximate surface area is 112 Å². The van der Waals surface area contributed by atoms with Gasteiger partial charge in [-0.3, -0.25) is 9.59 Å². The van der Waals surface area contributed by atoms with Gasteiger partial charge in [-0.25, -0.2) is 0 Å². The molecule has 0 aliphatic carbocycles. The van der Waals surface area contributed by atoms with E-state index in [0.717, 1.165) is 11.3 Å². The Hall–Kier alpha value is -2.04. The van der Waals surface area contributed by atoms with Crippen LogP contribution in [0.5, 0.6) is 5.75 Å². The third-order valence-corrected chi connectivity index (χ3v) is 2.64. The highest BCUT2D eigenvalue weighted by molar-refractivity contribution is 5.83. The number of para-hydroxylation sites is 1. The third kappa shape index (κ3) is 4.99. The van der Waals surface area contributed by atoms with Crippen LogP contribution in [0, 0.1) is 0 Å². The highest BCUT2D eigenvalue weighted by atomic mass is 16.5. The first-order valence-electron chi connectivity index (χ1n) is 6.27. The van der Waals surface area contributed by atoms with Crippen LogP contribution in [-0.2, 0) is 16.0 Å². The van der Waals surface area contributed by atoms with E-state index in [1.54, 1.807) is 0 Å². The molecule has 1 aromatic rings. The molecule has 0 aromatic heterocycles. The van der Waals surface area contributed by atoms with Gasteiger partial charge in [0.2, 0.25) is 5.91 Å². The summed E-state index contributed by atoms with van der Waals surface area (Å²) in [6, 6.07) is 6.65. The minimum absolute atomic E-state index is 0.238. The number of carboxylic acids is 1. The lowest BCUT2D eigenvalue weighted by atomic mass is 10.1. The topological polar surface area (TPSA) is 75.6 Å². The van der Waals surface area contributed by atoms with E-state index in [1.165, 1.54) is 6.92 Å². The van der Waals surface area contributed by atoms with Crippen molar-refractivity contribution in [2.24, 2.45) is 0 Å². The van der Waals surface area contributed by atoms with Gasteiger partial charge < -0.3 is 15.2 Å². The summed E-state index contributed by atoms with van der Waals surface area (Å²) in [5, 5.41) is 11.1. The average molecular weight is 265 g/mol. The molecule has 0 spiro atoms. The number of hydrogen-bond acceptors (Lipinski definition) is 3. The highest BCUT2D eigenvalue weighted by Crippen LogP contribution is 2.19. The Balaban J connectivity index is 2.52. The Kier molecular flexibility index (Phi) is 5.85. The van der Waals surface area contributed by atoms with Crippen LogP contribution in [-0.4, -0.2) is 29.6 Å². The molecule has 0 bridgehead atoms. The number of hydrogen-bond donors (Lipinski definition) is 2. The zero-order valence-corrected chi connectivity index (χ0v) is 11.2. The average Bonchev–Trinajstić information content (AvgIpc) is 2.38. The van der Waals surface area contributed by atoms with Crippen molar-refractivity contribution in [3.05, 3.63) is 29.8 Å². The number of carboxylic acid groups (broad SMARTS) is 1. The summed E-state index contributed by atoms with van der Waals surface area (Å²) in [5.74, 6) is -0.548. The second kappa shape index (κ2) is 7.41. The number of aliphatic carboxylic acids is 1. The first-order valence-corrected chi connectivity index (χ1v) is 6.27. The van der Waals surface area contributed by atoms with Crippen LogP contribution >= 0.6 is 0 Å². The lowest BCUT2D eigenvalue weighted by Gasteiger charge is -2.11. The van der Waals surface area contributed by atoms with Crippen molar-refractivity contribution in [2.45, 2.75) is 32.7 Å². The van der Waals surface area contributed by atoms with E-state index in [9.17, 15) is 9.59 Å². The second-order valence-corrected chi connectivity index (χ2v) is 4.17. The predicted molar refractivity (Wildman–Crippen MR) is 71.2 cm³/mol. The van der Waals surface area contributed by atoms with E-state index in [0.29, 0.717) is 13.0 Å². The standard InChI is InChI=1S/C14H19NO4/c1-3-19-12-7-5-4-6-11(12)8-9-13(16)15-10(2)14(17)18/h4-7,10H,3,8-9H2,1-2H3,(H,15,16)(H,17,18)/t10-/m0/s1. The monoisotopic (exact) mass is 265 g/mol. The molecule has 1 rings (SSSR count). The van der Waals surface area contributed by atoms with Crippen LogP contribution in [0.15, 0.2) is 24.3 Å². The van der Waals surface area contributed by atoms with Gasteiger partial charge in [-0.15, -0.1) is 0 Å². The molecule has 19 heavy (non-hydrogen) atoms. The van der Waals surface area contributed by atoms with Gasteiger partial charge in [0.15, 0.2) is 0 Å². The summed E-state index contributed by atoms with van der Waals surface area (Å²) in [6.07, 6.45) is 0.760. The smallest absolute Gasteiger partial charge is 0.325 e. The lowest BCUT2D eigenvalue weighted by molar-refractivity contribution is -0.141. The molecular weight excluding hydrogens is 246 g/mol. The first kappa shape index (κ1) is 15.0. The van der Waals surface area contributed by atoms with E-state index < -0.39 is 12.0 Å². The van der Waals surface area contributed by atoms with Gasteiger partial charge in [-0.1, -0.05) is 18.2 Å². The molecule has 2 N–H and O–H groups in total. The molecule has 5 nitrogen and oxygen atoms in total. The zero-order chi connectivity index (χ0) is 14.3. The summed E-state index contributed by atoms with van der Waals surface area (Å²) in [7, 11) is 0. The van der Waals surface area contributed by atoms with E-state index in [-0.39, 0.29) is 12.3 Å². The number of benzene rings is 1. The summed E-state index contributed by atoms with van der Waals surface area (Å²) in [4.78, 5) is 22.2. The number of carbonyl (C=O) groups is 2. The first-order chi connectivity index (χ1) is 9.04. The van der Waals surface area contributed by atoms with Gasteiger partial charge in [0, 0.05) is 6.42 Å². The van der Waals surface area contributed by atoms with Gasteiger partial charge in [-0.05, 0) is 31.9 Å². The molecule has 1 aromatic carbocycles. The van der Waals surface area contributed by atoms with Crippen molar-refractivity contribution in [1.29, 1.82) is 0 Å². The van der Waals surface area contributed by atoms with Gasteiger partial charge in [0.25, 0.3) is 0 Å². The van der Waals surface area contributed by atoms with Crippen LogP contribution in [0.4, 0.5) is 0 Å². The molecule has 0 fully saturated rings. The molecule has 0 heterocycles. The molecule has 0 radical (unpaired) electrons. The van der Waals surface area contributed by atoms with E-state index in [1.807, 2.05) is 31.2 Å². The van der Waals surface area contributed by atoms with Crippen LogP contribution in [0.1, 0.15) is 25.8 Å². The fourth-order valence-corrected chi connectivity index (χ4v) is 1.63. The Morgan fingerprint density at radius 3 is 2.68 bits per heavy atom. The second-order valence-electron chi connectivity index (χ2n) is 4.17. The summed E-state index contributed by atoms with van der Waals surface area (Å²) in [5.41, 5.74) is 0.947.